The number of carbonyl (C=O) groups is 2. The molecule has 0 fully saturated rings. The Hall–Kier alpha value is -3.62. The SMILES string of the molecule is O=C(Cn1cnc2ccccc2c1=O)OCC(=O)c1ccc(OC(F)F)cc1. The Kier molecular flexibility index (Phi) is 5.73. The smallest absolute Gasteiger partial charge is 0.387 e. The molecular weight excluding hydrogens is 374 g/mol. The lowest BCUT2D eigenvalue weighted by molar-refractivity contribution is -0.143. The van der Waals surface area contributed by atoms with Gasteiger partial charge in [0.1, 0.15) is 12.3 Å². The van der Waals surface area contributed by atoms with Gasteiger partial charge in [0.2, 0.25) is 0 Å². The van der Waals surface area contributed by atoms with Gasteiger partial charge in [-0.2, -0.15) is 8.78 Å². The lowest BCUT2D eigenvalue weighted by atomic mass is 10.1. The molecule has 3 aromatic rings. The molecule has 7 nitrogen and oxygen atoms in total. The number of para-hydroxylation sites is 1. The van der Waals surface area contributed by atoms with Gasteiger partial charge in [-0.05, 0) is 36.4 Å². The normalized spacial score (nSPS) is 10.8. The van der Waals surface area contributed by atoms with Gasteiger partial charge in [0, 0.05) is 5.56 Å². The number of ether oxygens (including phenoxy) is 2. The Morgan fingerprint density at radius 3 is 2.50 bits per heavy atom. The molecule has 0 aliphatic rings. The molecule has 0 saturated carbocycles. The van der Waals surface area contributed by atoms with Crippen molar-refractivity contribution in [3.63, 3.8) is 0 Å². The Labute approximate surface area is 157 Å². The highest BCUT2D eigenvalue weighted by molar-refractivity contribution is 5.98. The molecule has 2 aromatic carbocycles. The van der Waals surface area contributed by atoms with Gasteiger partial charge in [0.15, 0.2) is 12.4 Å². The number of carbonyl (C=O) groups excluding carboxylic acids is 2. The molecule has 0 radical (unpaired) electrons. The minimum Gasteiger partial charge on any atom is -0.456 e. The van der Waals surface area contributed by atoms with Crippen LogP contribution in [0, 0.1) is 0 Å². The maximum atomic E-state index is 12.3. The standard InChI is InChI=1S/C19H14F2N2O5/c20-19(21)28-13-7-5-12(6-8-13)16(24)10-27-17(25)9-23-11-22-15-4-2-1-3-14(15)18(23)26/h1-8,11,19H,9-10H2. The first-order valence-corrected chi connectivity index (χ1v) is 8.12. The summed E-state index contributed by atoms with van der Waals surface area (Å²) in [6, 6.07) is 11.7. The van der Waals surface area contributed by atoms with E-state index in [-0.39, 0.29) is 11.3 Å². The number of benzene rings is 2. The molecular formula is C19H14F2N2O5. The molecule has 0 N–H and O–H groups in total. The third kappa shape index (κ3) is 4.56. The average molecular weight is 388 g/mol. The van der Waals surface area contributed by atoms with Crippen molar-refractivity contribution in [1.29, 1.82) is 0 Å². The Morgan fingerprint density at radius 1 is 1.07 bits per heavy atom. The molecule has 1 aromatic heterocycles. The van der Waals surface area contributed by atoms with Gasteiger partial charge >= 0.3 is 12.6 Å². The number of esters is 1. The first kappa shape index (κ1) is 19.2. The molecule has 0 unspecified atom stereocenters. The second-order valence-corrected chi connectivity index (χ2v) is 5.68. The number of fused-ring (bicyclic) bond motifs is 1. The fourth-order valence-corrected chi connectivity index (χ4v) is 2.46. The first-order chi connectivity index (χ1) is 13.4. The maximum absolute atomic E-state index is 12.3. The number of aromatic nitrogens is 2. The van der Waals surface area contributed by atoms with Gasteiger partial charge in [-0.15, -0.1) is 0 Å². The van der Waals surface area contributed by atoms with Crippen LogP contribution < -0.4 is 10.3 Å². The summed E-state index contributed by atoms with van der Waals surface area (Å²) < 4.78 is 34.4. The van der Waals surface area contributed by atoms with E-state index in [2.05, 4.69) is 9.72 Å². The van der Waals surface area contributed by atoms with E-state index in [1.807, 2.05) is 0 Å². The van der Waals surface area contributed by atoms with Gasteiger partial charge in [0.25, 0.3) is 5.56 Å². The summed E-state index contributed by atoms with van der Waals surface area (Å²) in [5, 5.41) is 0.361. The molecule has 144 valence electrons. The number of halogens is 2. The number of Topliss-reactive ketones (excluding diaryl/α,β-unsaturated/α-hetero) is 1. The van der Waals surface area contributed by atoms with E-state index in [1.165, 1.54) is 30.6 Å². The number of hydrogen-bond donors (Lipinski definition) is 0. The summed E-state index contributed by atoms with van der Waals surface area (Å²) in [6.45, 7) is -3.91. The molecule has 3 rings (SSSR count). The number of nitrogens with zero attached hydrogens (tertiary/aromatic N) is 2. The monoisotopic (exact) mass is 388 g/mol. The molecule has 0 saturated heterocycles. The molecule has 0 amide bonds. The van der Waals surface area contributed by atoms with E-state index in [0.29, 0.717) is 10.9 Å². The minimum atomic E-state index is -2.96. The highest BCUT2D eigenvalue weighted by atomic mass is 19.3. The third-order valence-electron chi connectivity index (χ3n) is 3.80. The van der Waals surface area contributed by atoms with Crippen molar-refractivity contribution < 1.29 is 27.8 Å². The lowest BCUT2D eigenvalue weighted by Gasteiger charge is -2.08. The summed E-state index contributed by atoms with van der Waals surface area (Å²) >= 11 is 0. The van der Waals surface area contributed by atoms with E-state index in [1.54, 1.807) is 24.3 Å². The Morgan fingerprint density at radius 2 is 1.79 bits per heavy atom. The molecule has 0 spiro atoms. The number of rotatable bonds is 7. The zero-order valence-electron chi connectivity index (χ0n) is 14.4. The van der Waals surface area contributed by atoms with Crippen LogP contribution in [0.25, 0.3) is 10.9 Å². The van der Waals surface area contributed by atoms with Crippen molar-refractivity contribution in [3.05, 3.63) is 70.8 Å². The van der Waals surface area contributed by atoms with E-state index in [4.69, 9.17) is 4.74 Å². The van der Waals surface area contributed by atoms with Crippen LogP contribution in [0.15, 0.2) is 59.7 Å². The van der Waals surface area contributed by atoms with E-state index < -0.39 is 37.1 Å². The summed E-state index contributed by atoms with van der Waals surface area (Å²) in [4.78, 5) is 40.4. The fraction of sp³-hybridized carbons (Fsp3) is 0.158. The van der Waals surface area contributed by atoms with Crippen LogP contribution in [0.1, 0.15) is 10.4 Å². The third-order valence-corrected chi connectivity index (χ3v) is 3.80. The van der Waals surface area contributed by atoms with Gasteiger partial charge in [-0.3, -0.25) is 19.0 Å². The van der Waals surface area contributed by atoms with E-state index >= 15 is 0 Å². The molecule has 0 bridgehead atoms. The molecule has 0 atom stereocenters. The predicted molar refractivity (Wildman–Crippen MR) is 94.4 cm³/mol. The zero-order chi connectivity index (χ0) is 20.1. The molecule has 0 aliphatic heterocycles. The van der Waals surface area contributed by atoms with Crippen LogP contribution in [-0.2, 0) is 16.1 Å². The Balaban J connectivity index is 1.59. The van der Waals surface area contributed by atoms with Crippen molar-refractivity contribution in [2.75, 3.05) is 6.61 Å². The fourth-order valence-electron chi connectivity index (χ4n) is 2.46. The zero-order valence-corrected chi connectivity index (χ0v) is 14.4. The second-order valence-electron chi connectivity index (χ2n) is 5.68. The minimum absolute atomic E-state index is 0.0910. The number of alkyl halides is 2. The van der Waals surface area contributed by atoms with E-state index in [9.17, 15) is 23.2 Å². The predicted octanol–water partition coefficient (Wildman–Crippen LogP) is 2.42. The van der Waals surface area contributed by atoms with Crippen LogP contribution in [0.2, 0.25) is 0 Å². The summed E-state index contributed by atoms with van der Waals surface area (Å²) in [5.41, 5.74) is 0.272. The topological polar surface area (TPSA) is 87.5 Å². The van der Waals surface area contributed by atoms with Crippen molar-refractivity contribution in [2.45, 2.75) is 13.2 Å². The van der Waals surface area contributed by atoms with Crippen LogP contribution in [0.5, 0.6) is 5.75 Å². The van der Waals surface area contributed by atoms with Crippen molar-refractivity contribution in [3.8, 4) is 5.75 Å². The molecule has 1 heterocycles. The van der Waals surface area contributed by atoms with Gasteiger partial charge in [-0.25, -0.2) is 4.98 Å². The molecule has 0 aliphatic carbocycles. The highest BCUT2D eigenvalue weighted by Crippen LogP contribution is 2.15. The first-order valence-electron chi connectivity index (χ1n) is 8.12. The van der Waals surface area contributed by atoms with Crippen LogP contribution in [0.4, 0.5) is 8.78 Å². The Bertz CT molecular complexity index is 1060. The quantitative estimate of drug-likeness (QED) is 0.456. The van der Waals surface area contributed by atoms with Crippen LogP contribution in [0.3, 0.4) is 0 Å². The number of ketones is 1. The maximum Gasteiger partial charge on any atom is 0.387 e. The van der Waals surface area contributed by atoms with E-state index in [0.717, 1.165) is 4.57 Å². The van der Waals surface area contributed by atoms with Gasteiger partial charge < -0.3 is 9.47 Å². The van der Waals surface area contributed by atoms with Gasteiger partial charge in [-0.1, -0.05) is 12.1 Å². The summed E-state index contributed by atoms with van der Waals surface area (Å²) in [5.74, 6) is -1.40. The van der Waals surface area contributed by atoms with Crippen LogP contribution >= 0.6 is 0 Å². The second kappa shape index (κ2) is 8.38. The average Bonchev–Trinajstić information content (AvgIpc) is 2.68. The van der Waals surface area contributed by atoms with Crippen molar-refractivity contribution >= 4 is 22.7 Å². The molecule has 28 heavy (non-hydrogen) atoms. The van der Waals surface area contributed by atoms with Crippen LogP contribution in [-0.4, -0.2) is 34.5 Å². The van der Waals surface area contributed by atoms with Crippen molar-refractivity contribution in [2.24, 2.45) is 0 Å². The summed E-state index contributed by atoms with van der Waals surface area (Å²) in [6.07, 6.45) is 1.23. The highest BCUT2D eigenvalue weighted by Gasteiger charge is 2.13. The summed E-state index contributed by atoms with van der Waals surface area (Å²) in [7, 11) is 0. The molecule has 9 heteroatoms. The van der Waals surface area contributed by atoms with Gasteiger partial charge in [0.05, 0.1) is 17.2 Å². The lowest BCUT2D eigenvalue weighted by Crippen LogP contribution is -2.26. The number of hydrogen-bond acceptors (Lipinski definition) is 6. The van der Waals surface area contributed by atoms with Crippen molar-refractivity contribution in [1.82, 2.24) is 9.55 Å². The largest absolute Gasteiger partial charge is 0.456 e.